The number of hydrogen-bond acceptors (Lipinski definition) is 8. The third kappa shape index (κ3) is 4.29. The largest absolute Gasteiger partial charge is 0.370 e. The van der Waals surface area contributed by atoms with Gasteiger partial charge in [0, 0.05) is 0 Å². The Labute approximate surface area is 176 Å². The molecule has 162 valence electrons. The van der Waals surface area contributed by atoms with Crippen LogP contribution in [0.15, 0.2) is 58.3 Å². The Morgan fingerprint density at radius 1 is 0.667 bits per heavy atom. The maximum Gasteiger partial charge on any atom is 0.297 e. The van der Waals surface area contributed by atoms with Crippen molar-refractivity contribution in [1.82, 2.24) is 0 Å². The predicted molar refractivity (Wildman–Crippen MR) is 106 cm³/mol. The Hall–Kier alpha value is -1.82. The van der Waals surface area contributed by atoms with E-state index in [1.165, 1.54) is 24.3 Å². The van der Waals surface area contributed by atoms with Gasteiger partial charge in [-0.1, -0.05) is 35.4 Å². The molecule has 0 N–H and O–H groups in total. The van der Waals surface area contributed by atoms with E-state index in [0.29, 0.717) is 0 Å². The predicted octanol–water partition coefficient (Wildman–Crippen LogP) is 1.95. The van der Waals surface area contributed by atoms with Crippen LogP contribution in [0.4, 0.5) is 0 Å². The Morgan fingerprint density at radius 3 is 1.33 bits per heavy atom. The van der Waals surface area contributed by atoms with Crippen LogP contribution in [0, 0.1) is 13.8 Å². The molecule has 0 unspecified atom stereocenters. The molecule has 2 aromatic rings. The van der Waals surface area contributed by atoms with Gasteiger partial charge in [0.1, 0.15) is 24.4 Å². The molecule has 4 rings (SSSR count). The van der Waals surface area contributed by atoms with E-state index in [1.54, 1.807) is 24.3 Å². The van der Waals surface area contributed by atoms with Crippen molar-refractivity contribution in [3.8, 4) is 0 Å². The summed E-state index contributed by atoms with van der Waals surface area (Å²) in [5.41, 5.74) is 1.85. The lowest BCUT2D eigenvalue weighted by atomic mass is 10.1. The van der Waals surface area contributed by atoms with Crippen molar-refractivity contribution in [3.05, 3.63) is 59.7 Å². The van der Waals surface area contributed by atoms with Gasteiger partial charge in [0.05, 0.1) is 23.0 Å². The van der Waals surface area contributed by atoms with E-state index in [9.17, 15) is 16.8 Å². The molecule has 0 spiro atoms. The van der Waals surface area contributed by atoms with Crippen LogP contribution in [-0.2, 0) is 38.1 Å². The molecule has 8 nitrogen and oxygen atoms in total. The molecule has 2 aromatic carbocycles. The van der Waals surface area contributed by atoms with Crippen LogP contribution in [0.2, 0.25) is 0 Å². The summed E-state index contributed by atoms with van der Waals surface area (Å²) < 4.78 is 72.1. The summed E-state index contributed by atoms with van der Waals surface area (Å²) >= 11 is 0. The topological polar surface area (TPSA) is 105 Å². The highest BCUT2D eigenvalue weighted by Gasteiger charge is 2.51. The lowest BCUT2D eigenvalue weighted by molar-refractivity contribution is 0.0220. The van der Waals surface area contributed by atoms with E-state index in [-0.39, 0.29) is 23.0 Å². The van der Waals surface area contributed by atoms with Crippen molar-refractivity contribution in [1.29, 1.82) is 0 Å². The molecule has 2 heterocycles. The van der Waals surface area contributed by atoms with Crippen LogP contribution in [0.3, 0.4) is 0 Å². The van der Waals surface area contributed by atoms with Crippen LogP contribution in [0.5, 0.6) is 0 Å². The first kappa shape index (κ1) is 21.4. The standard InChI is InChI=1S/C20H22O8S2/c1-13-3-7-15(8-4-13)29(21,22)27-17-11-25-20-18(12-26-19(17)20)28-30(23,24)16-9-5-14(2)6-10-16/h3-10,17-20H,11-12H2,1-2H3/t17-,18-,19-,20+/m0/s1. The number of ether oxygens (including phenoxy) is 2. The quantitative estimate of drug-likeness (QED) is 0.610. The van der Waals surface area contributed by atoms with E-state index in [0.717, 1.165) is 11.1 Å². The first-order valence-corrected chi connectivity index (χ1v) is 12.2. The molecule has 4 atom stereocenters. The summed E-state index contributed by atoms with van der Waals surface area (Å²) in [6, 6.07) is 12.6. The van der Waals surface area contributed by atoms with E-state index in [2.05, 4.69) is 0 Å². The monoisotopic (exact) mass is 454 g/mol. The highest BCUT2D eigenvalue weighted by atomic mass is 32.2. The Morgan fingerprint density at radius 2 is 1.00 bits per heavy atom. The summed E-state index contributed by atoms with van der Waals surface area (Å²) in [5.74, 6) is 0. The first-order chi connectivity index (χ1) is 14.2. The minimum atomic E-state index is -4.02. The summed E-state index contributed by atoms with van der Waals surface area (Å²) in [6.45, 7) is 3.60. The molecule has 30 heavy (non-hydrogen) atoms. The lowest BCUT2D eigenvalue weighted by Crippen LogP contribution is -2.36. The van der Waals surface area contributed by atoms with Gasteiger partial charge in [0.15, 0.2) is 0 Å². The first-order valence-electron chi connectivity index (χ1n) is 9.39. The smallest absolute Gasteiger partial charge is 0.297 e. The Bertz CT molecular complexity index is 1020. The van der Waals surface area contributed by atoms with Gasteiger partial charge in [-0.15, -0.1) is 0 Å². The van der Waals surface area contributed by atoms with Gasteiger partial charge in [-0.25, -0.2) is 0 Å². The second kappa shape index (κ2) is 8.03. The van der Waals surface area contributed by atoms with Gasteiger partial charge < -0.3 is 9.47 Å². The SMILES string of the molecule is Cc1ccc(S(=O)(=O)O[C@H]2CO[C@H]3[C@H]2OC[C@@H]3OS(=O)(=O)c2ccc(C)cc2)cc1. The lowest BCUT2D eigenvalue weighted by Gasteiger charge is -2.17. The molecule has 2 saturated heterocycles. The molecule has 2 aliphatic rings. The molecular weight excluding hydrogens is 432 g/mol. The molecule has 0 amide bonds. The average molecular weight is 455 g/mol. The summed E-state index contributed by atoms with van der Waals surface area (Å²) in [7, 11) is -8.04. The molecule has 0 aliphatic carbocycles. The number of benzene rings is 2. The fourth-order valence-electron chi connectivity index (χ4n) is 3.44. The van der Waals surface area contributed by atoms with Crippen molar-refractivity contribution in [2.45, 2.75) is 48.1 Å². The van der Waals surface area contributed by atoms with E-state index < -0.39 is 44.7 Å². The maximum atomic E-state index is 12.6. The van der Waals surface area contributed by atoms with Gasteiger partial charge in [0.25, 0.3) is 20.2 Å². The second-order valence-corrected chi connectivity index (χ2v) is 10.5. The van der Waals surface area contributed by atoms with Crippen molar-refractivity contribution in [3.63, 3.8) is 0 Å². The van der Waals surface area contributed by atoms with Gasteiger partial charge in [-0.2, -0.15) is 16.8 Å². The fourth-order valence-corrected chi connectivity index (χ4v) is 5.58. The molecule has 0 saturated carbocycles. The molecular formula is C20H22O8S2. The highest BCUT2D eigenvalue weighted by molar-refractivity contribution is 7.87. The van der Waals surface area contributed by atoms with Crippen molar-refractivity contribution in [2.24, 2.45) is 0 Å². The van der Waals surface area contributed by atoms with Crippen LogP contribution in [0.1, 0.15) is 11.1 Å². The van der Waals surface area contributed by atoms with Gasteiger partial charge in [0.2, 0.25) is 0 Å². The molecule has 10 heteroatoms. The Balaban J connectivity index is 1.44. The minimum Gasteiger partial charge on any atom is -0.370 e. The zero-order valence-corrected chi connectivity index (χ0v) is 18.1. The molecule has 0 bridgehead atoms. The van der Waals surface area contributed by atoms with Crippen molar-refractivity contribution < 1.29 is 34.7 Å². The fraction of sp³-hybridized carbons (Fsp3) is 0.400. The summed E-state index contributed by atoms with van der Waals surface area (Å²) in [5, 5.41) is 0. The van der Waals surface area contributed by atoms with Crippen LogP contribution < -0.4 is 0 Å². The number of hydrogen-bond donors (Lipinski definition) is 0. The zero-order chi connectivity index (χ0) is 21.5. The van der Waals surface area contributed by atoms with Crippen molar-refractivity contribution >= 4 is 20.2 Å². The maximum absolute atomic E-state index is 12.6. The zero-order valence-electron chi connectivity index (χ0n) is 16.4. The summed E-state index contributed by atoms with van der Waals surface area (Å²) in [4.78, 5) is 0.0635. The van der Waals surface area contributed by atoms with Gasteiger partial charge >= 0.3 is 0 Å². The van der Waals surface area contributed by atoms with Crippen molar-refractivity contribution in [2.75, 3.05) is 13.2 Å². The van der Waals surface area contributed by atoms with Crippen LogP contribution in [-0.4, -0.2) is 54.5 Å². The molecule has 0 aromatic heterocycles. The third-order valence-corrected chi connectivity index (χ3v) is 7.78. The number of fused-ring (bicyclic) bond motifs is 1. The summed E-state index contributed by atoms with van der Waals surface area (Å²) in [6.07, 6.45) is -3.28. The average Bonchev–Trinajstić information content (AvgIpc) is 3.26. The van der Waals surface area contributed by atoms with E-state index in [1.807, 2.05) is 13.8 Å². The second-order valence-electron chi connectivity index (χ2n) is 7.40. The van der Waals surface area contributed by atoms with Crippen LogP contribution in [0.25, 0.3) is 0 Å². The number of rotatable bonds is 6. The minimum absolute atomic E-state index is 0.0318. The highest BCUT2D eigenvalue weighted by Crippen LogP contribution is 2.33. The van der Waals surface area contributed by atoms with Gasteiger partial charge in [-0.05, 0) is 38.1 Å². The van der Waals surface area contributed by atoms with Crippen LogP contribution >= 0.6 is 0 Å². The van der Waals surface area contributed by atoms with Gasteiger partial charge in [-0.3, -0.25) is 8.37 Å². The normalized spacial score (nSPS) is 26.6. The van der Waals surface area contributed by atoms with E-state index >= 15 is 0 Å². The van der Waals surface area contributed by atoms with E-state index in [4.69, 9.17) is 17.8 Å². The number of aryl methyl sites for hydroxylation is 2. The molecule has 2 fully saturated rings. The molecule has 2 aliphatic heterocycles. The molecule has 0 radical (unpaired) electrons. The Kier molecular flexibility index (Phi) is 5.73. The third-order valence-electron chi connectivity index (χ3n) is 5.08.